The Labute approximate surface area is 181 Å². The smallest absolute Gasteiger partial charge is 0.310 e. The van der Waals surface area contributed by atoms with E-state index in [0.29, 0.717) is 12.8 Å². The number of hydrogen-bond acceptors (Lipinski definition) is 1. The van der Waals surface area contributed by atoms with Crippen LogP contribution in [0.25, 0.3) is 0 Å². The summed E-state index contributed by atoms with van der Waals surface area (Å²) in [6, 6.07) is 4.35. The van der Waals surface area contributed by atoms with Gasteiger partial charge >= 0.3 is 5.97 Å². The van der Waals surface area contributed by atoms with Gasteiger partial charge in [-0.2, -0.15) is 0 Å². The molecule has 23 heavy (non-hydrogen) atoms. The summed E-state index contributed by atoms with van der Waals surface area (Å²) in [4.78, 5) is 12.4. The number of carboxylic acids is 1. The van der Waals surface area contributed by atoms with Crippen molar-refractivity contribution >= 4 is 73.7 Å². The zero-order valence-corrected chi connectivity index (χ0v) is 20.7. The maximum Gasteiger partial charge on any atom is 0.310 e. The predicted molar refractivity (Wildman–Crippen MR) is 122 cm³/mol. The molecule has 130 valence electrons. The third-order valence-corrected chi connectivity index (χ3v) is 7.62. The molecular formula is C18H25I3O2. The molecule has 0 aliphatic rings. The molecule has 1 aromatic carbocycles. The van der Waals surface area contributed by atoms with Crippen LogP contribution in [0.2, 0.25) is 0 Å². The number of rotatable bonds is 8. The van der Waals surface area contributed by atoms with E-state index in [1.807, 2.05) is 13.8 Å². The van der Waals surface area contributed by atoms with E-state index in [1.54, 1.807) is 0 Å². The number of halogens is 3. The SMILES string of the molecule is CCCC(CC)(c1c(I)cc(I)cc1I)C(CC)(CC)C(=O)O. The van der Waals surface area contributed by atoms with Gasteiger partial charge in [0.15, 0.2) is 0 Å². The van der Waals surface area contributed by atoms with Gasteiger partial charge in [-0.05, 0) is 111 Å². The predicted octanol–water partition coefficient (Wildman–Crippen LogP) is 6.84. The van der Waals surface area contributed by atoms with Crippen LogP contribution < -0.4 is 0 Å². The fourth-order valence-electron chi connectivity index (χ4n) is 4.16. The molecule has 0 saturated heterocycles. The van der Waals surface area contributed by atoms with Gasteiger partial charge in [-0.15, -0.1) is 0 Å². The fraction of sp³-hybridized carbons (Fsp3) is 0.611. The van der Waals surface area contributed by atoms with E-state index in [9.17, 15) is 9.90 Å². The molecule has 0 spiro atoms. The van der Waals surface area contributed by atoms with Crippen molar-refractivity contribution in [2.45, 2.75) is 65.2 Å². The normalized spacial score (nSPS) is 14.6. The fourth-order valence-corrected chi connectivity index (χ4v) is 8.77. The van der Waals surface area contributed by atoms with Gasteiger partial charge in [0, 0.05) is 16.1 Å². The van der Waals surface area contributed by atoms with Crippen LogP contribution in [0.1, 0.15) is 65.4 Å². The first kappa shape index (κ1) is 21.9. The molecule has 0 saturated carbocycles. The van der Waals surface area contributed by atoms with Crippen LogP contribution in [0.4, 0.5) is 0 Å². The summed E-state index contributed by atoms with van der Waals surface area (Å²) in [5, 5.41) is 10.2. The van der Waals surface area contributed by atoms with E-state index in [1.165, 1.54) is 16.3 Å². The molecule has 2 nitrogen and oxygen atoms in total. The van der Waals surface area contributed by atoms with Gasteiger partial charge < -0.3 is 5.11 Å². The Morgan fingerprint density at radius 2 is 1.48 bits per heavy atom. The number of hydrogen-bond donors (Lipinski definition) is 1. The third kappa shape index (κ3) is 3.85. The van der Waals surface area contributed by atoms with Crippen molar-refractivity contribution in [3.8, 4) is 0 Å². The van der Waals surface area contributed by atoms with Crippen molar-refractivity contribution in [1.82, 2.24) is 0 Å². The van der Waals surface area contributed by atoms with Crippen LogP contribution in [0.3, 0.4) is 0 Å². The van der Waals surface area contributed by atoms with Crippen LogP contribution >= 0.6 is 67.8 Å². The topological polar surface area (TPSA) is 37.3 Å². The van der Waals surface area contributed by atoms with Gasteiger partial charge in [0.05, 0.1) is 5.41 Å². The molecule has 1 unspecified atom stereocenters. The van der Waals surface area contributed by atoms with Gasteiger partial charge in [-0.3, -0.25) is 4.79 Å². The lowest BCUT2D eigenvalue weighted by atomic mass is 9.54. The molecule has 0 aliphatic carbocycles. The minimum Gasteiger partial charge on any atom is -0.481 e. The van der Waals surface area contributed by atoms with Gasteiger partial charge in [-0.1, -0.05) is 34.1 Å². The molecular weight excluding hydrogens is 629 g/mol. The van der Waals surface area contributed by atoms with Crippen molar-refractivity contribution < 1.29 is 9.90 Å². The second-order valence-corrected chi connectivity index (χ2v) is 9.59. The monoisotopic (exact) mass is 654 g/mol. The van der Waals surface area contributed by atoms with Crippen molar-refractivity contribution in [3.63, 3.8) is 0 Å². The van der Waals surface area contributed by atoms with Crippen LogP contribution in [0.5, 0.6) is 0 Å². The largest absolute Gasteiger partial charge is 0.481 e. The first-order valence-electron chi connectivity index (χ1n) is 8.14. The molecule has 1 aromatic rings. The Bertz CT molecular complexity index is 544. The standard InChI is InChI=1S/C18H25I3O2/c1-5-9-18(8-4,17(6-2,7-3)16(22)23)15-13(20)10-12(19)11-14(15)21/h10-11H,5-9H2,1-4H3,(H,22,23). The van der Waals surface area contributed by atoms with E-state index >= 15 is 0 Å². The van der Waals surface area contributed by atoms with Crippen LogP contribution in [0, 0.1) is 16.1 Å². The maximum atomic E-state index is 12.4. The Kier molecular flexibility index (Phi) is 8.58. The second kappa shape index (κ2) is 9.00. The Hall–Kier alpha value is 0.880. The average molecular weight is 654 g/mol. The van der Waals surface area contributed by atoms with Crippen LogP contribution in [-0.2, 0) is 10.2 Å². The summed E-state index contributed by atoms with van der Waals surface area (Å²) in [5.41, 5.74) is 0.202. The van der Waals surface area contributed by atoms with Gasteiger partial charge in [0.2, 0.25) is 0 Å². The quantitative estimate of drug-likeness (QED) is 0.312. The molecule has 5 heteroatoms. The highest BCUT2D eigenvalue weighted by molar-refractivity contribution is 14.1. The molecule has 0 bridgehead atoms. The number of carboxylic acid groups (broad SMARTS) is 1. The first-order valence-corrected chi connectivity index (χ1v) is 11.4. The highest BCUT2D eigenvalue weighted by Crippen LogP contribution is 2.54. The second-order valence-electron chi connectivity index (χ2n) is 6.02. The van der Waals surface area contributed by atoms with Crippen LogP contribution in [0.15, 0.2) is 12.1 Å². The first-order chi connectivity index (χ1) is 10.8. The molecule has 1 N–H and O–H groups in total. The van der Waals surface area contributed by atoms with Crippen LogP contribution in [-0.4, -0.2) is 11.1 Å². The van der Waals surface area contributed by atoms with E-state index in [4.69, 9.17) is 0 Å². The maximum absolute atomic E-state index is 12.4. The molecule has 0 radical (unpaired) electrons. The molecule has 1 rings (SSSR count). The number of benzene rings is 1. The minimum absolute atomic E-state index is 0.325. The molecule has 0 aromatic heterocycles. The molecule has 1 atom stereocenters. The van der Waals surface area contributed by atoms with Gasteiger partial charge in [-0.25, -0.2) is 0 Å². The van der Waals surface area contributed by atoms with E-state index in [2.05, 4.69) is 93.8 Å². The summed E-state index contributed by atoms with van der Waals surface area (Å²) < 4.78 is 3.60. The van der Waals surface area contributed by atoms with Gasteiger partial charge in [0.25, 0.3) is 0 Å². The van der Waals surface area contributed by atoms with E-state index in [-0.39, 0.29) is 5.41 Å². The van der Waals surface area contributed by atoms with E-state index in [0.717, 1.165) is 19.3 Å². The van der Waals surface area contributed by atoms with E-state index < -0.39 is 11.4 Å². The average Bonchev–Trinajstić information content (AvgIpc) is 2.47. The van der Waals surface area contributed by atoms with Crippen molar-refractivity contribution in [2.75, 3.05) is 0 Å². The molecule has 0 aliphatic heterocycles. The summed E-state index contributed by atoms with van der Waals surface area (Å²) in [6.45, 7) is 8.38. The summed E-state index contributed by atoms with van der Waals surface area (Å²) in [6.07, 6.45) is 4.06. The lowest BCUT2D eigenvalue weighted by Gasteiger charge is -2.49. The molecule has 0 heterocycles. The number of carbonyl (C=O) groups is 1. The van der Waals surface area contributed by atoms with Gasteiger partial charge in [0.1, 0.15) is 0 Å². The molecule has 0 fully saturated rings. The van der Waals surface area contributed by atoms with Crippen molar-refractivity contribution in [1.29, 1.82) is 0 Å². The summed E-state index contributed by atoms with van der Waals surface area (Å²) >= 11 is 7.12. The highest BCUT2D eigenvalue weighted by atomic mass is 127. The zero-order valence-electron chi connectivity index (χ0n) is 14.2. The highest BCUT2D eigenvalue weighted by Gasteiger charge is 2.54. The Morgan fingerprint density at radius 1 is 1.00 bits per heavy atom. The summed E-state index contributed by atoms with van der Waals surface area (Å²) in [5.74, 6) is -0.650. The lowest BCUT2D eigenvalue weighted by molar-refractivity contribution is -0.156. The summed E-state index contributed by atoms with van der Waals surface area (Å²) in [7, 11) is 0. The van der Waals surface area contributed by atoms with Crippen molar-refractivity contribution in [3.05, 3.63) is 28.4 Å². The Balaban J connectivity index is 3.85. The minimum atomic E-state index is -0.718. The number of aliphatic carboxylic acids is 1. The molecule has 0 amide bonds. The zero-order chi connectivity index (χ0) is 17.8. The lowest BCUT2D eigenvalue weighted by Crippen LogP contribution is -2.51. The Morgan fingerprint density at radius 3 is 1.78 bits per heavy atom. The third-order valence-electron chi connectivity index (χ3n) is 5.30. The van der Waals surface area contributed by atoms with Crippen molar-refractivity contribution in [2.24, 2.45) is 5.41 Å².